The number of hydrogen-bond acceptors (Lipinski definition) is 4. The average Bonchev–Trinajstić information content (AvgIpc) is 2.50. The average molecular weight is 295 g/mol. The van der Waals surface area contributed by atoms with Gasteiger partial charge in [0.15, 0.2) is 0 Å². The number of aryl methyl sites for hydroxylation is 1. The molecule has 1 rings (SSSR count). The fourth-order valence-corrected chi connectivity index (χ4v) is 2.11. The molecule has 0 aliphatic carbocycles. The van der Waals surface area contributed by atoms with E-state index in [1.165, 1.54) is 11.1 Å². The second-order valence-electron chi connectivity index (χ2n) is 5.03. The van der Waals surface area contributed by atoms with Crippen LogP contribution in [-0.4, -0.2) is 46.6 Å². The zero-order valence-electron chi connectivity index (χ0n) is 13.6. The molecule has 0 aliphatic heterocycles. The Bertz CT molecular complexity index is 371. The highest BCUT2D eigenvalue weighted by molar-refractivity contribution is 5.28. The van der Waals surface area contributed by atoms with Crippen molar-refractivity contribution < 1.29 is 14.2 Å². The summed E-state index contributed by atoms with van der Waals surface area (Å²) in [6, 6.07) is 8.39. The predicted octanol–water partition coefficient (Wildman–Crippen LogP) is 2.72. The molecule has 1 aromatic carbocycles. The van der Waals surface area contributed by atoms with Crippen LogP contribution in [0.3, 0.4) is 0 Å². The molecule has 0 aliphatic rings. The Morgan fingerprint density at radius 1 is 1.10 bits per heavy atom. The third-order valence-corrected chi connectivity index (χ3v) is 3.27. The lowest BCUT2D eigenvalue weighted by molar-refractivity contribution is -0.00699. The molecular weight excluding hydrogens is 266 g/mol. The summed E-state index contributed by atoms with van der Waals surface area (Å²) in [4.78, 5) is 0. The Kier molecular flexibility index (Phi) is 10.1. The van der Waals surface area contributed by atoms with Crippen LogP contribution in [-0.2, 0) is 14.2 Å². The second-order valence-corrected chi connectivity index (χ2v) is 5.03. The van der Waals surface area contributed by atoms with Crippen LogP contribution < -0.4 is 5.32 Å². The third-order valence-electron chi connectivity index (χ3n) is 3.27. The highest BCUT2D eigenvalue weighted by Gasteiger charge is 2.13. The highest BCUT2D eigenvalue weighted by atomic mass is 16.5. The first-order valence-electron chi connectivity index (χ1n) is 7.74. The van der Waals surface area contributed by atoms with Crippen molar-refractivity contribution in [3.63, 3.8) is 0 Å². The van der Waals surface area contributed by atoms with Crippen molar-refractivity contribution in [3.8, 4) is 0 Å². The second kappa shape index (κ2) is 11.7. The SMILES string of the molecule is CCCNCC(OCCOCCOC)c1ccccc1C. The molecule has 0 radical (unpaired) electrons. The topological polar surface area (TPSA) is 39.7 Å². The highest BCUT2D eigenvalue weighted by Crippen LogP contribution is 2.20. The summed E-state index contributed by atoms with van der Waals surface area (Å²) in [6.45, 7) is 8.56. The predicted molar refractivity (Wildman–Crippen MR) is 85.7 cm³/mol. The summed E-state index contributed by atoms with van der Waals surface area (Å²) in [5.74, 6) is 0. The maximum Gasteiger partial charge on any atom is 0.0952 e. The first kappa shape index (κ1) is 18.1. The van der Waals surface area contributed by atoms with E-state index in [9.17, 15) is 0 Å². The van der Waals surface area contributed by atoms with Gasteiger partial charge in [-0.25, -0.2) is 0 Å². The smallest absolute Gasteiger partial charge is 0.0952 e. The molecule has 0 fully saturated rings. The minimum atomic E-state index is 0.0729. The van der Waals surface area contributed by atoms with E-state index in [0.29, 0.717) is 26.4 Å². The van der Waals surface area contributed by atoms with Gasteiger partial charge in [0.25, 0.3) is 0 Å². The summed E-state index contributed by atoms with van der Waals surface area (Å²) >= 11 is 0. The minimum absolute atomic E-state index is 0.0729. The molecule has 4 heteroatoms. The Labute approximate surface area is 128 Å². The van der Waals surface area contributed by atoms with Gasteiger partial charge in [0.2, 0.25) is 0 Å². The monoisotopic (exact) mass is 295 g/mol. The number of benzene rings is 1. The number of methoxy groups -OCH3 is 1. The molecule has 21 heavy (non-hydrogen) atoms. The van der Waals surface area contributed by atoms with Crippen molar-refractivity contribution in [2.24, 2.45) is 0 Å². The summed E-state index contributed by atoms with van der Waals surface area (Å²) in [5.41, 5.74) is 2.51. The van der Waals surface area contributed by atoms with Crippen molar-refractivity contribution in [2.75, 3.05) is 46.6 Å². The molecule has 1 aromatic rings. The molecule has 1 N–H and O–H groups in total. The van der Waals surface area contributed by atoms with Gasteiger partial charge >= 0.3 is 0 Å². The van der Waals surface area contributed by atoms with Crippen molar-refractivity contribution in [2.45, 2.75) is 26.4 Å². The maximum absolute atomic E-state index is 6.01. The molecule has 120 valence electrons. The first-order valence-corrected chi connectivity index (χ1v) is 7.74. The van der Waals surface area contributed by atoms with Gasteiger partial charge in [-0.05, 0) is 31.0 Å². The summed E-state index contributed by atoms with van der Waals surface area (Å²) in [6.07, 6.45) is 1.20. The first-order chi connectivity index (χ1) is 10.3. The van der Waals surface area contributed by atoms with Gasteiger partial charge in [0.1, 0.15) is 0 Å². The van der Waals surface area contributed by atoms with Gasteiger partial charge in [-0.1, -0.05) is 31.2 Å². The largest absolute Gasteiger partial charge is 0.382 e. The van der Waals surface area contributed by atoms with Gasteiger partial charge in [0, 0.05) is 13.7 Å². The molecule has 0 bridgehead atoms. The van der Waals surface area contributed by atoms with Gasteiger partial charge in [-0.15, -0.1) is 0 Å². The fraction of sp³-hybridized carbons (Fsp3) is 0.647. The summed E-state index contributed by atoms with van der Waals surface area (Å²) < 4.78 is 16.4. The van der Waals surface area contributed by atoms with Gasteiger partial charge in [-0.3, -0.25) is 0 Å². The molecule has 0 spiro atoms. The minimum Gasteiger partial charge on any atom is -0.382 e. The number of nitrogens with one attached hydrogen (secondary N) is 1. The van der Waals surface area contributed by atoms with Gasteiger partial charge in [-0.2, -0.15) is 0 Å². The Hall–Kier alpha value is -0.940. The number of rotatable bonds is 12. The van der Waals surface area contributed by atoms with Crippen molar-refractivity contribution >= 4 is 0 Å². The van der Waals surface area contributed by atoms with Crippen LogP contribution in [0.25, 0.3) is 0 Å². The van der Waals surface area contributed by atoms with Crippen molar-refractivity contribution in [1.29, 1.82) is 0 Å². The zero-order chi connectivity index (χ0) is 15.3. The quantitative estimate of drug-likeness (QED) is 0.602. The lowest BCUT2D eigenvalue weighted by atomic mass is 10.0. The lowest BCUT2D eigenvalue weighted by Crippen LogP contribution is -2.25. The number of ether oxygens (including phenoxy) is 3. The van der Waals surface area contributed by atoms with Crippen molar-refractivity contribution in [1.82, 2.24) is 5.32 Å². The molecular formula is C17H29NO3. The molecule has 1 unspecified atom stereocenters. The van der Waals surface area contributed by atoms with Crippen LogP contribution in [0.1, 0.15) is 30.6 Å². The van der Waals surface area contributed by atoms with E-state index in [1.54, 1.807) is 7.11 Å². The van der Waals surface area contributed by atoms with Crippen molar-refractivity contribution in [3.05, 3.63) is 35.4 Å². The standard InChI is InChI=1S/C17H29NO3/c1-4-9-18-14-17(16-8-6-5-7-15(16)2)21-13-12-20-11-10-19-3/h5-8,17-18H,4,9-14H2,1-3H3. The molecule has 0 amide bonds. The van der Waals surface area contributed by atoms with Crippen LogP contribution in [0.5, 0.6) is 0 Å². The Morgan fingerprint density at radius 2 is 1.86 bits per heavy atom. The van der Waals surface area contributed by atoms with Gasteiger partial charge in [0.05, 0.1) is 32.5 Å². The molecule has 1 atom stereocenters. The summed E-state index contributed by atoms with van der Waals surface area (Å²) in [7, 11) is 1.67. The maximum atomic E-state index is 6.01. The van der Waals surface area contributed by atoms with E-state index in [4.69, 9.17) is 14.2 Å². The van der Waals surface area contributed by atoms with E-state index in [-0.39, 0.29) is 6.10 Å². The zero-order valence-corrected chi connectivity index (χ0v) is 13.6. The molecule has 0 saturated carbocycles. The lowest BCUT2D eigenvalue weighted by Gasteiger charge is -2.21. The third kappa shape index (κ3) is 7.58. The van der Waals surface area contributed by atoms with E-state index < -0.39 is 0 Å². The molecule has 4 nitrogen and oxygen atoms in total. The fourth-order valence-electron chi connectivity index (χ4n) is 2.11. The van der Waals surface area contributed by atoms with Crippen LogP contribution in [0.15, 0.2) is 24.3 Å². The van der Waals surface area contributed by atoms with E-state index in [1.807, 2.05) is 0 Å². The molecule has 0 saturated heterocycles. The van der Waals surface area contributed by atoms with Crippen LogP contribution in [0, 0.1) is 6.92 Å². The molecule has 0 heterocycles. The summed E-state index contributed by atoms with van der Waals surface area (Å²) in [5, 5.41) is 3.44. The number of hydrogen-bond donors (Lipinski definition) is 1. The van der Waals surface area contributed by atoms with E-state index >= 15 is 0 Å². The van der Waals surface area contributed by atoms with Gasteiger partial charge < -0.3 is 19.5 Å². The van der Waals surface area contributed by atoms with Crippen LogP contribution in [0.4, 0.5) is 0 Å². The van der Waals surface area contributed by atoms with Crippen LogP contribution >= 0.6 is 0 Å². The van der Waals surface area contributed by atoms with E-state index in [0.717, 1.165) is 19.5 Å². The Morgan fingerprint density at radius 3 is 2.57 bits per heavy atom. The normalized spacial score (nSPS) is 12.5. The van der Waals surface area contributed by atoms with E-state index in [2.05, 4.69) is 43.4 Å². The molecule has 0 aromatic heterocycles. The van der Waals surface area contributed by atoms with Crippen LogP contribution in [0.2, 0.25) is 0 Å². The Balaban J connectivity index is 2.43.